The highest BCUT2D eigenvalue weighted by Gasteiger charge is 2.47. The molecule has 19 heavy (non-hydrogen) atoms. The number of hydrogen-bond acceptors (Lipinski definition) is 2. The summed E-state index contributed by atoms with van der Waals surface area (Å²) in [5, 5.41) is 0. The highest BCUT2D eigenvalue weighted by molar-refractivity contribution is 5.42. The van der Waals surface area contributed by atoms with Crippen LogP contribution >= 0.6 is 0 Å². The van der Waals surface area contributed by atoms with Crippen LogP contribution in [0.4, 0.5) is 0 Å². The van der Waals surface area contributed by atoms with E-state index in [4.69, 9.17) is 5.73 Å². The maximum absolute atomic E-state index is 12.0. The van der Waals surface area contributed by atoms with Crippen molar-refractivity contribution in [3.8, 4) is 5.69 Å². The minimum atomic E-state index is -0.0252. The van der Waals surface area contributed by atoms with E-state index in [9.17, 15) is 4.79 Å². The molecule has 0 saturated heterocycles. The van der Waals surface area contributed by atoms with Crippen LogP contribution in [0.25, 0.3) is 5.69 Å². The molecule has 1 atom stereocenters. The second kappa shape index (κ2) is 4.10. The van der Waals surface area contributed by atoms with E-state index in [1.54, 1.807) is 28.6 Å². The number of rotatable bonds is 3. The number of nitrogens with two attached hydrogens (primary N) is 1. The number of aryl methyl sites for hydroxylation is 1. The lowest BCUT2D eigenvalue weighted by atomic mass is 9.89. The van der Waals surface area contributed by atoms with E-state index in [-0.39, 0.29) is 17.1 Å². The molecular weight excluding hydrogens is 238 g/mol. The summed E-state index contributed by atoms with van der Waals surface area (Å²) >= 11 is 0. The Balaban J connectivity index is 2.06. The van der Waals surface area contributed by atoms with Gasteiger partial charge in [0.1, 0.15) is 0 Å². The highest BCUT2D eigenvalue weighted by Crippen LogP contribution is 2.50. The van der Waals surface area contributed by atoms with Crippen molar-refractivity contribution in [3.63, 3.8) is 0 Å². The highest BCUT2D eigenvalue weighted by atomic mass is 16.1. The van der Waals surface area contributed by atoms with Gasteiger partial charge in [-0.2, -0.15) is 0 Å². The van der Waals surface area contributed by atoms with Gasteiger partial charge in [-0.1, -0.05) is 12.1 Å². The van der Waals surface area contributed by atoms with Crippen LogP contribution in [0.2, 0.25) is 0 Å². The standard InChI is InChI=1S/C15H19N3O/c1-11(16)15(6-7-15)12-4-3-5-13(10-12)18-9-8-17(2)14(18)19/h3-5,8-11H,6-7,16H2,1-2H3. The summed E-state index contributed by atoms with van der Waals surface area (Å²) in [6, 6.07) is 8.33. The summed E-state index contributed by atoms with van der Waals surface area (Å²) in [7, 11) is 1.76. The Morgan fingerprint density at radius 3 is 2.58 bits per heavy atom. The van der Waals surface area contributed by atoms with Crippen molar-refractivity contribution in [1.82, 2.24) is 9.13 Å². The number of hydrogen-bond donors (Lipinski definition) is 1. The van der Waals surface area contributed by atoms with Gasteiger partial charge in [0.25, 0.3) is 0 Å². The molecule has 1 saturated carbocycles. The summed E-state index contributed by atoms with van der Waals surface area (Å²) < 4.78 is 3.24. The average Bonchev–Trinajstić information content (AvgIpc) is 3.14. The lowest BCUT2D eigenvalue weighted by molar-refractivity contribution is 0.556. The fourth-order valence-electron chi connectivity index (χ4n) is 2.77. The van der Waals surface area contributed by atoms with Gasteiger partial charge in [0.15, 0.2) is 0 Å². The molecule has 0 radical (unpaired) electrons. The molecule has 3 rings (SSSR count). The first-order valence-electron chi connectivity index (χ1n) is 6.65. The Bertz CT molecular complexity index is 662. The molecule has 1 aliphatic carbocycles. The van der Waals surface area contributed by atoms with Gasteiger partial charge in [0.05, 0.1) is 5.69 Å². The van der Waals surface area contributed by atoms with Gasteiger partial charge in [-0.05, 0) is 37.5 Å². The average molecular weight is 257 g/mol. The van der Waals surface area contributed by atoms with Crippen molar-refractivity contribution in [3.05, 3.63) is 52.7 Å². The van der Waals surface area contributed by atoms with Crippen LogP contribution < -0.4 is 11.4 Å². The van der Waals surface area contributed by atoms with E-state index < -0.39 is 0 Å². The van der Waals surface area contributed by atoms with E-state index in [0.717, 1.165) is 18.5 Å². The number of aromatic nitrogens is 2. The lowest BCUT2D eigenvalue weighted by Gasteiger charge is -2.20. The first kappa shape index (κ1) is 12.2. The number of benzene rings is 1. The molecule has 1 fully saturated rings. The van der Waals surface area contributed by atoms with E-state index in [1.165, 1.54) is 5.56 Å². The van der Waals surface area contributed by atoms with Crippen molar-refractivity contribution in [2.45, 2.75) is 31.2 Å². The van der Waals surface area contributed by atoms with E-state index in [0.29, 0.717) is 0 Å². The zero-order chi connectivity index (χ0) is 13.6. The Morgan fingerprint density at radius 1 is 1.32 bits per heavy atom. The Labute approximate surface area is 112 Å². The molecule has 1 heterocycles. The van der Waals surface area contributed by atoms with Crippen LogP contribution in [0.15, 0.2) is 41.5 Å². The van der Waals surface area contributed by atoms with E-state index >= 15 is 0 Å². The number of imidazole rings is 1. The molecule has 100 valence electrons. The fourth-order valence-corrected chi connectivity index (χ4v) is 2.77. The van der Waals surface area contributed by atoms with Crippen LogP contribution in [-0.2, 0) is 12.5 Å². The van der Waals surface area contributed by atoms with Crippen LogP contribution in [-0.4, -0.2) is 15.2 Å². The van der Waals surface area contributed by atoms with Gasteiger partial charge in [-0.15, -0.1) is 0 Å². The summed E-state index contributed by atoms with van der Waals surface area (Å²) in [5.41, 5.74) is 8.37. The van der Waals surface area contributed by atoms with Crippen molar-refractivity contribution in [1.29, 1.82) is 0 Å². The second-order valence-electron chi connectivity index (χ2n) is 5.56. The van der Waals surface area contributed by atoms with Gasteiger partial charge < -0.3 is 10.3 Å². The van der Waals surface area contributed by atoms with Gasteiger partial charge in [0, 0.05) is 30.9 Å². The molecule has 4 heteroatoms. The van der Waals surface area contributed by atoms with Crippen molar-refractivity contribution in [2.24, 2.45) is 12.8 Å². The zero-order valence-electron chi connectivity index (χ0n) is 11.3. The molecule has 0 spiro atoms. The molecule has 2 aromatic rings. The summed E-state index contributed by atoms with van der Waals surface area (Å²) in [6.07, 6.45) is 5.84. The minimum Gasteiger partial charge on any atom is -0.327 e. The molecule has 0 aliphatic heterocycles. The van der Waals surface area contributed by atoms with Crippen LogP contribution in [0.3, 0.4) is 0 Å². The molecule has 1 aromatic heterocycles. The first-order valence-corrected chi connectivity index (χ1v) is 6.65. The third kappa shape index (κ3) is 1.83. The Kier molecular flexibility index (Phi) is 2.64. The molecule has 1 unspecified atom stereocenters. The van der Waals surface area contributed by atoms with Crippen molar-refractivity contribution in [2.75, 3.05) is 0 Å². The van der Waals surface area contributed by atoms with Crippen molar-refractivity contribution >= 4 is 0 Å². The van der Waals surface area contributed by atoms with Crippen LogP contribution in [0.5, 0.6) is 0 Å². The maximum atomic E-state index is 12.0. The quantitative estimate of drug-likeness (QED) is 0.907. The monoisotopic (exact) mass is 257 g/mol. The molecule has 1 aliphatic rings. The minimum absolute atomic E-state index is 0.0252. The fraction of sp³-hybridized carbons (Fsp3) is 0.400. The van der Waals surface area contributed by atoms with Crippen LogP contribution in [0, 0.1) is 0 Å². The molecule has 0 amide bonds. The molecular formula is C15H19N3O. The molecule has 2 N–H and O–H groups in total. The molecule has 4 nitrogen and oxygen atoms in total. The lowest BCUT2D eigenvalue weighted by Crippen LogP contribution is -2.31. The summed E-state index contributed by atoms with van der Waals surface area (Å²) in [6.45, 7) is 2.06. The van der Waals surface area contributed by atoms with E-state index in [1.807, 2.05) is 12.1 Å². The van der Waals surface area contributed by atoms with Gasteiger partial charge in [0.2, 0.25) is 0 Å². The van der Waals surface area contributed by atoms with Gasteiger partial charge in [-0.3, -0.25) is 4.57 Å². The third-order valence-electron chi connectivity index (χ3n) is 4.31. The van der Waals surface area contributed by atoms with E-state index in [2.05, 4.69) is 19.1 Å². The predicted molar refractivity (Wildman–Crippen MR) is 75.6 cm³/mol. The molecule has 0 bridgehead atoms. The smallest absolute Gasteiger partial charge is 0.327 e. The predicted octanol–water partition coefficient (Wildman–Crippen LogP) is 1.55. The van der Waals surface area contributed by atoms with Crippen molar-refractivity contribution < 1.29 is 0 Å². The normalized spacial score (nSPS) is 18.3. The Hall–Kier alpha value is -1.81. The maximum Gasteiger partial charge on any atom is 0.332 e. The van der Waals surface area contributed by atoms with Crippen LogP contribution in [0.1, 0.15) is 25.3 Å². The second-order valence-corrected chi connectivity index (χ2v) is 5.56. The largest absolute Gasteiger partial charge is 0.332 e. The summed E-state index contributed by atoms with van der Waals surface area (Å²) in [4.78, 5) is 12.0. The molecule has 1 aromatic carbocycles. The third-order valence-corrected chi connectivity index (χ3v) is 4.31. The zero-order valence-corrected chi connectivity index (χ0v) is 11.3. The van der Waals surface area contributed by atoms with Gasteiger partial charge >= 0.3 is 5.69 Å². The first-order chi connectivity index (χ1) is 9.04. The topological polar surface area (TPSA) is 52.9 Å². The van der Waals surface area contributed by atoms with Gasteiger partial charge in [-0.25, -0.2) is 4.79 Å². The SMILES string of the molecule is CC(N)C1(c2cccc(-n3ccn(C)c3=O)c2)CC1. The Morgan fingerprint density at radius 2 is 2.05 bits per heavy atom. The number of nitrogens with zero attached hydrogens (tertiary/aromatic N) is 2. The summed E-state index contributed by atoms with van der Waals surface area (Å²) in [5.74, 6) is 0.